The first-order valence-electron chi connectivity index (χ1n) is 15.4. The van der Waals surface area contributed by atoms with Crippen LogP contribution in [0.1, 0.15) is 134 Å². The van der Waals surface area contributed by atoms with E-state index in [1.165, 1.54) is 114 Å². The zero-order chi connectivity index (χ0) is 26.1. The molecule has 0 fully saturated rings. The van der Waals surface area contributed by atoms with Crippen LogP contribution >= 0.6 is 0 Å². The molecule has 3 rings (SSSR count). The van der Waals surface area contributed by atoms with Gasteiger partial charge in [0.15, 0.2) is 11.9 Å². The second kappa shape index (κ2) is 17.3. The lowest BCUT2D eigenvalue weighted by Crippen LogP contribution is -2.12. The highest BCUT2D eigenvalue weighted by atomic mass is 16.5. The van der Waals surface area contributed by atoms with Gasteiger partial charge >= 0.3 is 0 Å². The van der Waals surface area contributed by atoms with Gasteiger partial charge in [-0.2, -0.15) is 0 Å². The molecule has 0 aliphatic carbocycles. The molecule has 1 atom stereocenters. The maximum absolute atomic E-state index is 6.30. The molecule has 0 saturated carbocycles. The van der Waals surface area contributed by atoms with E-state index in [0.717, 1.165) is 23.6 Å². The predicted octanol–water partition coefficient (Wildman–Crippen LogP) is 10.7. The van der Waals surface area contributed by atoms with Crippen molar-refractivity contribution >= 4 is 11.0 Å². The Balaban J connectivity index is 1.32. The zero-order valence-electron chi connectivity index (χ0n) is 24.0. The molecule has 0 N–H and O–H groups in total. The van der Waals surface area contributed by atoms with Crippen LogP contribution in [0.4, 0.5) is 0 Å². The Kier molecular flexibility index (Phi) is 13.7. The molecule has 1 unspecified atom stereocenters. The molecule has 0 spiro atoms. The van der Waals surface area contributed by atoms with Crippen molar-refractivity contribution in [2.45, 2.75) is 136 Å². The van der Waals surface area contributed by atoms with Crippen molar-refractivity contribution in [3.05, 3.63) is 59.9 Å². The first kappa shape index (κ1) is 29.3. The fraction of sp³-hybridized carbons (Fsp3) is 0.618. The number of imidazole rings is 1. The van der Waals surface area contributed by atoms with E-state index in [9.17, 15) is 0 Å². The second-order valence-corrected chi connectivity index (χ2v) is 11.0. The maximum atomic E-state index is 6.30. The van der Waals surface area contributed by atoms with Gasteiger partial charge in [0.2, 0.25) is 0 Å². The van der Waals surface area contributed by atoms with Gasteiger partial charge in [0.1, 0.15) is 5.75 Å². The number of rotatable bonds is 20. The summed E-state index contributed by atoms with van der Waals surface area (Å²) in [4.78, 5) is 4.96. The van der Waals surface area contributed by atoms with Crippen molar-refractivity contribution in [1.29, 1.82) is 0 Å². The Hall–Kier alpha value is -2.29. The summed E-state index contributed by atoms with van der Waals surface area (Å²) >= 11 is 0. The first-order valence-corrected chi connectivity index (χ1v) is 15.4. The molecular weight excluding hydrogens is 452 g/mol. The average Bonchev–Trinajstić information content (AvgIpc) is 3.27. The monoisotopic (exact) mass is 504 g/mol. The van der Waals surface area contributed by atoms with Gasteiger partial charge in [0.05, 0.1) is 11.0 Å². The normalized spacial score (nSPS) is 12.3. The van der Waals surface area contributed by atoms with Crippen molar-refractivity contribution in [3.8, 4) is 5.75 Å². The average molecular weight is 505 g/mol. The van der Waals surface area contributed by atoms with Crippen LogP contribution in [0.25, 0.3) is 11.0 Å². The SMILES string of the molecule is CCCCCCCCCCCCCCCCCCn1c(C(C)Oc2cccc(C)c2)nc2ccccc21. The third-order valence-electron chi connectivity index (χ3n) is 7.59. The molecule has 0 saturated heterocycles. The van der Waals surface area contributed by atoms with Gasteiger partial charge in [-0.25, -0.2) is 4.98 Å². The van der Waals surface area contributed by atoms with E-state index in [0.29, 0.717) is 0 Å². The standard InChI is InChI=1S/C34H52N2O/c1-4-5-6-7-8-9-10-11-12-13-14-15-16-17-18-21-27-36-33-26-20-19-25-32(33)35-34(36)30(3)37-31-24-22-23-29(2)28-31/h19-20,22-26,28,30H,4-18,21,27H2,1-3H3. The fourth-order valence-electron chi connectivity index (χ4n) is 5.40. The molecule has 37 heavy (non-hydrogen) atoms. The van der Waals surface area contributed by atoms with Gasteiger partial charge in [0.25, 0.3) is 0 Å². The summed E-state index contributed by atoms with van der Waals surface area (Å²) < 4.78 is 8.69. The van der Waals surface area contributed by atoms with E-state index >= 15 is 0 Å². The van der Waals surface area contributed by atoms with E-state index < -0.39 is 0 Å². The molecule has 204 valence electrons. The minimum absolute atomic E-state index is 0.0877. The number of aromatic nitrogens is 2. The number of fused-ring (bicyclic) bond motifs is 1. The smallest absolute Gasteiger partial charge is 0.153 e. The minimum Gasteiger partial charge on any atom is -0.483 e. The molecule has 1 heterocycles. The van der Waals surface area contributed by atoms with Gasteiger partial charge in [-0.3, -0.25) is 0 Å². The highest BCUT2D eigenvalue weighted by Crippen LogP contribution is 2.26. The van der Waals surface area contributed by atoms with E-state index in [4.69, 9.17) is 9.72 Å². The number of unbranched alkanes of at least 4 members (excludes halogenated alkanes) is 15. The summed E-state index contributed by atoms with van der Waals surface area (Å²) in [7, 11) is 0. The quantitative estimate of drug-likeness (QED) is 0.143. The molecule has 3 aromatic rings. The van der Waals surface area contributed by atoms with Gasteiger partial charge in [-0.05, 0) is 50.1 Å². The Morgan fingerprint density at radius 3 is 1.86 bits per heavy atom. The van der Waals surface area contributed by atoms with Crippen molar-refractivity contribution in [1.82, 2.24) is 9.55 Å². The molecule has 2 aromatic carbocycles. The largest absolute Gasteiger partial charge is 0.483 e. The van der Waals surface area contributed by atoms with E-state index in [2.05, 4.69) is 67.8 Å². The second-order valence-electron chi connectivity index (χ2n) is 11.0. The van der Waals surface area contributed by atoms with Crippen LogP contribution in [0.5, 0.6) is 5.75 Å². The molecule has 1 aromatic heterocycles. The van der Waals surface area contributed by atoms with E-state index in [1.807, 2.05) is 6.07 Å². The summed E-state index contributed by atoms with van der Waals surface area (Å²) in [6.07, 6.45) is 22.3. The van der Waals surface area contributed by atoms with Crippen LogP contribution in [0, 0.1) is 6.92 Å². The lowest BCUT2D eigenvalue weighted by molar-refractivity contribution is 0.211. The number of para-hydroxylation sites is 2. The van der Waals surface area contributed by atoms with Crippen LogP contribution < -0.4 is 4.74 Å². The number of aryl methyl sites for hydroxylation is 2. The number of hydrogen-bond acceptors (Lipinski definition) is 2. The Morgan fingerprint density at radius 2 is 1.27 bits per heavy atom. The Bertz CT molecular complexity index is 1010. The number of nitrogens with zero attached hydrogens (tertiary/aromatic N) is 2. The van der Waals surface area contributed by atoms with Crippen molar-refractivity contribution < 1.29 is 4.74 Å². The van der Waals surface area contributed by atoms with Gasteiger partial charge in [-0.15, -0.1) is 0 Å². The summed E-state index contributed by atoms with van der Waals surface area (Å²) in [5.74, 6) is 1.94. The first-order chi connectivity index (χ1) is 18.2. The molecular formula is C34H52N2O. The number of benzene rings is 2. The van der Waals surface area contributed by atoms with Gasteiger partial charge in [0, 0.05) is 6.54 Å². The maximum Gasteiger partial charge on any atom is 0.153 e. The molecule has 0 aliphatic rings. The fourth-order valence-corrected chi connectivity index (χ4v) is 5.40. The van der Waals surface area contributed by atoms with Crippen LogP contribution in [0.3, 0.4) is 0 Å². The summed E-state index contributed by atoms with van der Waals surface area (Å²) in [6, 6.07) is 16.8. The summed E-state index contributed by atoms with van der Waals surface area (Å²) in [6.45, 7) is 7.52. The van der Waals surface area contributed by atoms with Crippen LogP contribution in [-0.2, 0) is 6.54 Å². The van der Waals surface area contributed by atoms with Crippen molar-refractivity contribution in [3.63, 3.8) is 0 Å². The Labute approximate surface area is 227 Å². The third kappa shape index (κ3) is 10.5. The third-order valence-corrected chi connectivity index (χ3v) is 7.59. The van der Waals surface area contributed by atoms with Crippen molar-refractivity contribution in [2.24, 2.45) is 0 Å². The molecule has 0 radical (unpaired) electrons. The minimum atomic E-state index is -0.0877. The topological polar surface area (TPSA) is 27.1 Å². The summed E-state index contributed by atoms with van der Waals surface area (Å²) in [5.41, 5.74) is 3.50. The highest BCUT2D eigenvalue weighted by Gasteiger charge is 2.18. The van der Waals surface area contributed by atoms with Crippen LogP contribution in [0.15, 0.2) is 48.5 Å². The summed E-state index contributed by atoms with van der Waals surface area (Å²) in [5, 5.41) is 0. The molecule has 0 amide bonds. The predicted molar refractivity (Wildman–Crippen MR) is 160 cm³/mol. The number of ether oxygens (including phenoxy) is 1. The van der Waals surface area contributed by atoms with Gasteiger partial charge in [-0.1, -0.05) is 128 Å². The van der Waals surface area contributed by atoms with Crippen LogP contribution in [-0.4, -0.2) is 9.55 Å². The number of hydrogen-bond donors (Lipinski definition) is 0. The Morgan fingerprint density at radius 1 is 0.703 bits per heavy atom. The molecule has 0 aliphatic heterocycles. The molecule has 3 nitrogen and oxygen atoms in total. The lowest BCUT2D eigenvalue weighted by Gasteiger charge is -2.17. The molecule has 0 bridgehead atoms. The van der Waals surface area contributed by atoms with E-state index in [1.54, 1.807) is 0 Å². The highest BCUT2D eigenvalue weighted by molar-refractivity contribution is 5.76. The van der Waals surface area contributed by atoms with E-state index in [-0.39, 0.29) is 6.10 Å². The van der Waals surface area contributed by atoms with Crippen LogP contribution in [0.2, 0.25) is 0 Å². The van der Waals surface area contributed by atoms with Gasteiger partial charge < -0.3 is 9.30 Å². The van der Waals surface area contributed by atoms with Crippen molar-refractivity contribution in [2.75, 3.05) is 0 Å². The lowest BCUT2D eigenvalue weighted by atomic mass is 10.0. The molecule has 3 heteroatoms. The zero-order valence-corrected chi connectivity index (χ0v) is 24.0.